The first-order chi connectivity index (χ1) is 20.7. The van der Waals surface area contributed by atoms with Crippen LogP contribution in [0.4, 0.5) is 0 Å². The van der Waals surface area contributed by atoms with Crippen molar-refractivity contribution < 1.29 is 52.7 Å². The number of aliphatic hydroxyl groups is 1. The van der Waals surface area contributed by atoms with Crippen LogP contribution in [-0.4, -0.2) is 76.6 Å². The third-order valence-corrected chi connectivity index (χ3v) is 8.97. The van der Waals surface area contributed by atoms with E-state index in [1.807, 2.05) is 0 Å². The van der Waals surface area contributed by atoms with Gasteiger partial charge in [-0.15, -0.1) is 0 Å². The predicted octanol–water partition coefficient (Wildman–Crippen LogP) is 3.20. The summed E-state index contributed by atoms with van der Waals surface area (Å²) in [5, 5.41) is 12.6. The van der Waals surface area contributed by atoms with Crippen LogP contribution in [-0.2, 0) is 38.1 Å². The first kappa shape index (κ1) is 31.5. The van der Waals surface area contributed by atoms with Crippen molar-refractivity contribution in [1.29, 1.82) is 0 Å². The molecule has 2 aliphatic carbocycles. The van der Waals surface area contributed by atoms with Crippen molar-refractivity contribution in [2.45, 2.75) is 89.2 Å². The second kappa shape index (κ2) is 11.2. The number of hydrogen-bond acceptors (Lipinski definition) is 11. The van der Waals surface area contributed by atoms with Gasteiger partial charge < -0.3 is 33.5 Å². The lowest BCUT2D eigenvalue weighted by molar-refractivity contribution is -0.344. The lowest BCUT2D eigenvalue weighted by Crippen LogP contribution is -2.85. The van der Waals surface area contributed by atoms with Crippen LogP contribution in [0.2, 0.25) is 0 Å². The quantitative estimate of drug-likeness (QED) is 0.348. The van der Waals surface area contributed by atoms with Crippen LogP contribution in [0.5, 0.6) is 11.5 Å². The van der Waals surface area contributed by atoms with Gasteiger partial charge in [0.05, 0.1) is 17.1 Å². The Morgan fingerprint density at radius 1 is 0.818 bits per heavy atom. The van der Waals surface area contributed by atoms with E-state index in [1.54, 1.807) is 74.5 Å². The van der Waals surface area contributed by atoms with Crippen LogP contribution < -0.4 is 9.47 Å². The average molecular weight is 611 g/mol. The molecule has 1 saturated heterocycles. The smallest absolute Gasteiger partial charge is 0.303 e. The third kappa shape index (κ3) is 4.92. The molecule has 0 unspecified atom stereocenters. The lowest BCUT2D eigenvalue weighted by Gasteiger charge is -2.65. The van der Waals surface area contributed by atoms with Crippen molar-refractivity contribution in [2.75, 3.05) is 6.61 Å². The minimum absolute atomic E-state index is 0.237. The van der Waals surface area contributed by atoms with E-state index < -0.39 is 82.8 Å². The summed E-state index contributed by atoms with van der Waals surface area (Å²) in [6, 6.07) is 17.2. The average Bonchev–Trinajstić information content (AvgIpc) is 3.14. The molecule has 1 heterocycles. The third-order valence-electron chi connectivity index (χ3n) is 8.97. The van der Waals surface area contributed by atoms with Crippen LogP contribution in [0.1, 0.15) is 48.0 Å². The van der Waals surface area contributed by atoms with Crippen molar-refractivity contribution in [3.63, 3.8) is 0 Å². The van der Waals surface area contributed by atoms with Gasteiger partial charge in [0.25, 0.3) is 0 Å². The Morgan fingerprint density at radius 2 is 1.36 bits per heavy atom. The molecule has 44 heavy (non-hydrogen) atoms. The van der Waals surface area contributed by atoms with Gasteiger partial charge in [-0.1, -0.05) is 36.4 Å². The van der Waals surface area contributed by atoms with Crippen molar-refractivity contribution in [3.8, 4) is 11.5 Å². The Bertz CT molecular complexity index is 1420. The number of Topliss-reactive ketones (excluding diaryl/α,β-unsaturated/α-hetero) is 1. The molecule has 0 aromatic heterocycles. The number of hydrogen-bond donors (Lipinski definition) is 1. The summed E-state index contributed by atoms with van der Waals surface area (Å²) in [6.07, 6.45) is -5.61. The summed E-state index contributed by atoms with van der Waals surface area (Å²) in [4.78, 5) is 52.6. The molecular weight excluding hydrogens is 572 g/mol. The molecule has 2 saturated carbocycles. The van der Waals surface area contributed by atoms with Crippen molar-refractivity contribution in [3.05, 3.63) is 60.7 Å². The van der Waals surface area contributed by atoms with Gasteiger partial charge in [0.2, 0.25) is 0 Å². The largest absolute Gasteiger partial charge is 0.486 e. The summed E-state index contributed by atoms with van der Waals surface area (Å²) in [6.45, 7) is 7.84. The number of rotatable bonds is 8. The number of para-hydroxylation sites is 2. The highest BCUT2D eigenvalue weighted by Crippen LogP contribution is 2.68. The summed E-state index contributed by atoms with van der Waals surface area (Å²) < 4.78 is 37.4. The van der Waals surface area contributed by atoms with Crippen LogP contribution in [0.3, 0.4) is 0 Å². The molecule has 5 rings (SSSR count). The molecule has 8 atom stereocenters. The van der Waals surface area contributed by atoms with E-state index in [-0.39, 0.29) is 6.42 Å². The highest BCUT2D eigenvalue weighted by Gasteiger charge is 2.88. The monoisotopic (exact) mass is 610 g/mol. The van der Waals surface area contributed by atoms with Crippen molar-refractivity contribution in [1.82, 2.24) is 0 Å². The summed E-state index contributed by atoms with van der Waals surface area (Å²) in [7, 11) is 0. The molecule has 0 radical (unpaired) electrons. The molecule has 1 aliphatic heterocycles. The second-order valence-electron chi connectivity index (χ2n) is 12.5. The molecule has 11 nitrogen and oxygen atoms in total. The van der Waals surface area contributed by atoms with Crippen LogP contribution in [0.15, 0.2) is 60.7 Å². The maximum atomic E-state index is 14.9. The van der Waals surface area contributed by atoms with Gasteiger partial charge >= 0.3 is 17.9 Å². The lowest BCUT2D eigenvalue weighted by atomic mass is 9.46. The fourth-order valence-electron chi connectivity index (χ4n) is 7.62. The Hall–Kier alpha value is -3.96. The van der Waals surface area contributed by atoms with Crippen molar-refractivity contribution >= 4 is 23.7 Å². The van der Waals surface area contributed by atoms with E-state index in [2.05, 4.69) is 0 Å². The fourth-order valence-corrected chi connectivity index (χ4v) is 7.62. The van der Waals surface area contributed by atoms with E-state index in [1.165, 1.54) is 27.7 Å². The molecule has 0 amide bonds. The zero-order chi connectivity index (χ0) is 32.1. The number of esters is 3. The van der Waals surface area contributed by atoms with Gasteiger partial charge in [-0.3, -0.25) is 19.2 Å². The predicted molar refractivity (Wildman–Crippen MR) is 154 cm³/mol. The number of ketones is 1. The topological polar surface area (TPSA) is 144 Å². The summed E-state index contributed by atoms with van der Waals surface area (Å²) >= 11 is 0. The maximum Gasteiger partial charge on any atom is 0.303 e. The van der Waals surface area contributed by atoms with Crippen LogP contribution in [0.25, 0.3) is 0 Å². The molecule has 1 spiro atoms. The number of fused-ring (bicyclic) bond motifs is 1. The van der Waals surface area contributed by atoms with Gasteiger partial charge in [-0.25, -0.2) is 0 Å². The summed E-state index contributed by atoms with van der Waals surface area (Å²) in [5.74, 6) is -3.06. The van der Waals surface area contributed by atoms with Crippen LogP contribution in [0, 0.1) is 11.3 Å². The Morgan fingerprint density at radius 3 is 1.89 bits per heavy atom. The van der Waals surface area contributed by atoms with E-state index >= 15 is 0 Å². The van der Waals surface area contributed by atoms with Gasteiger partial charge in [0, 0.05) is 27.2 Å². The molecular formula is C33H38O11. The Kier molecular flexibility index (Phi) is 8.00. The molecule has 236 valence electrons. The van der Waals surface area contributed by atoms with Gasteiger partial charge in [-0.05, 0) is 45.0 Å². The normalized spacial score (nSPS) is 35.2. The number of carbonyl (C=O) groups is 4. The van der Waals surface area contributed by atoms with Crippen molar-refractivity contribution in [2.24, 2.45) is 11.3 Å². The minimum Gasteiger partial charge on any atom is -0.486 e. The SMILES string of the molecule is CC(=O)OC[C@]12[C@H](Oc3ccccc3)C(=O)[C@@H]3[C@@H](OC(C)=O)[C@@]1(OC3(C)C)[C@@](C)(O)C[C@H](OC(C)=O)[C@@H]2Oc1ccccc1. The molecule has 11 heteroatoms. The highest BCUT2D eigenvalue weighted by molar-refractivity contribution is 5.92. The second-order valence-corrected chi connectivity index (χ2v) is 12.5. The highest BCUT2D eigenvalue weighted by atomic mass is 16.6. The van der Waals surface area contributed by atoms with E-state index in [0.29, 0.717) is 11.5 Å². The first-order valence-electron chi connectivity index (χ1n) is 14.5. The molecule has 1 N–H and O–H groups in total. The summed E-state index contributed by atoms with van der Waals surface area (Å²) in [5.41, 5.74) is -7.19. The number of carbonyl (C=O) groups excluding carboxylic acids is 4. The Balaban J connectivity index is 1.88. The molecule has 2 aromatic rings. The minimum atomic E-state index is -1.97. The molecule has 3 aliphatic rings. The number of ether oxygens (including phenoxy) is 6. The molecule has 2 bridgehead atoms. The molecule has 2 aromatic carbocycles. The standard InChI is InChI=1S/C33H38O11/c1-19(34)39-18-32-27(42-22-13-9-7-10-14-22)24(40-20(2)35)17-31(6,38)33(32)28(41-21(3)36)25(30(4,5)44-33)26(37)29(32)43-23-15-11-8-12-16-23/h7-16,24-25,27-29,38H,17-18H2,1-6H3/t24-,25+,27-,28+,29+,31-,32-,33+/m0/s1. The van der Waals surface area contributed by atoms with Gasteiger partial charge in [-0.2, -0.15) is 0 Å². The van der Waals surface area contributed by atoms with Gasteiger partial charge in [0.1, 0.15) is 35.7 Å². The Labute approximate surface area is 255 Å². The zero-order valence-electron chi connectivity index (χ0n) is 25.6. The number of benzene rings is 2. The van der Waals surface area contributed by atoms with E-state index in [9.17, 15) is 24.3 Å². The van der Waals surface area contributed by atoms with Crippen LogP contribution >= 0.6 is 0 Å². The zero-order valence-corrected chi connectivity index (χ0v) is 25.6. The fraction of sp³-hybridized carbons (Fsp3) is 0.515. The first-order valence-corrected chi connectivity index (χ1v) is 14.5. The maximum absolute atomic E-state index is 14.9. The van der Waals surface area contributed by atoms with E-state index in [0.717, 1.165) is 0 Å². The van der Waals surface area contributed by atoms with E-state index in [4.69, 9.17) is 28.4 Å². The van der Waals surface area contributed by atoms with Gasteiger partial charge in [0.15, 0.2) is 23.6 Å². The molecule has 3 fully saturated rings.